The molecule has 1 heterocycles. The summed E-state index contributed by atoms with van der Waals surface area (Å²) in [5.41, 5.74) is 0. The van der Waals surface area contributed by atoms with Crippen molar-refractivity contribution in [3.05, 3.63) is 0 Å². The van der Waals surface area contributed by atoms with Crippen LogP contribution in [-0.4, -0.2) is 35.5 Å². The number of nitrogens with zero attached hydrogens (tertiary/aromatic N) is 3. The summed E-state index contributed by atoms with van der Waals surface area (Å²) in [7, 11) is 0. The van der Waals surface area contributed by atoms with Gasteiger partial charge in [-0.2, -0.15) is 5.10 Å². The fourth-order valence-corrected chi connectivity index (χ4v) is 1.43. The maximum absolute atomic E-state index is 4.30. The van der Waals surface area contributed by atoms with Gasteiger partial charge in [0.05, 0.1) is 0 Å². The van der Waals surface area contributed by atoms with Crippen LogP contribution >= 0.6 is 0 Å². The van der Waals surface area contributed by atoms with E-state index in [2.05, 4.69) is 35.8 Å². The molecule has 0 saturated carbocycles. The van der Waals surface area contributed by atoms with Crippen molar-refractivity contribution in [3.63, 3.8) is 0 Å². The van der Waals surface area contributed by atoms with Gasteiger partial charge in [-0.1, -0.05) is 13.3 Å². The Labute approximate surface area is 75.0 Å². The molecule has 3 heteroatoms. The molecule has 0 fully saturated rings. The van der Waals surface area contributed by atoms with Crippen LogP contribution in [0.3, 0.4) is 0 Å². The van der Waals surface area contributed by atoms with E-state index in [9.17, 15) is 0 Å². The fourth-order valence-electron chi connectivity index (χ4n) is 1.43. The van der Waals surface area contributed by atoms with E-state index in [1.54, 1.807) is 0 Å². The first kappa shape index (κ1) is 9.36. The summed E-state index contributed by atoms with van der Waals surface area (Å²) in [6, 6.07) is 0. The summed E-state index contributed by atoms with van der Waals surface area (Å²) in [5.74, 6) is 0. The zero-order chi connectivity index (χ0) is 8.97. The summed E-state index contributed by atoms with van der Waals surface area (Å²) in [4.78, 5) is 2.30. The monoisotopic (exact) mass is 169 g/mol. The van der Waals surface area contributed by atoms with Crippen molar-refractivity contribution in [3.8, 4) is 0 Å². The highest BCUT2D eigenvalue weighted by molar-refractivity contribution is 5.56. The minimum atomic E-state index is 0.460. The lowest BCUT2D eigenvalue weighted by Gasteiger charge is -2.26. The van der Waals surface area contributed by atoms with Crippen LogP contribution in [0.5, 0.6) is 0 Å². The second-order valence-corrected chi connectivity index (χ2v) is 3.21. The van der Waals surface area contributed by atoms with Crippen molar-refractivity contribution in [2.45, 2.75) is 39.8 Å². The highest BCUT2D eigenvalue weighted by atomic mass is 15.6. The van der Waals surface area contributed by atoms with E-state index in [0.717, 1.165) is 13.1 Å². The minimum absolute atomic E-state index is 0.460. The molecule has 0 amide bonds. The topological polar surface area (TPSA) is 18.8 Å². The molecule has 1 atom stereocenters. The van der Waals surface area contributed by atoms with E-state index >= 15 is 0 Å². The Balaban J connectivity index is 2.34. The minimum Gasteiger partial charge on any atom is -0.340 e. The molecule has 0 saturated heterocycles. The lowest BCUT2D eigenvalue weighted by Crippen LogP contribution is -2.37. The molecule has 1 aliphatic rings. The zero-order valence-electron chi connectivity index (χ0n) is 8.32. The van der Waals surface area contributed by atoms with Gasteiger partial charge < -0.3 is 4.90 Å². The number of hydrogen-bond donors (Lipinski definition) is 0. The molecule has 0 aromatic rings. The quantitative estimate of drug-likeness (QED) is 0.638. The SMILES string of the molecule is CCCCN1C=NN(CC)C1C. The molecule has 3 nitrogen and oxygen atoms in total. The van der Waals surface area contributed by atoms with Crippen LogP contribution < -0.4 is 0 Å². The summed E-state index contributed by atoms with van der Waals surface area (Å²) in [5, 5.41) is 6.41. The van der Waals surface area contributed by atoms with Crippen LogP contribution in [0.4, 0.5) is 0 Å². The van der Waals surface area contributed by atoms with Gasteiger partial charge in [0.15, 0.2) is 0 Å². The summed E-state index contributed by atoms with van der Waals surface area (Å²) < 4.78 is 0. The Morgan fingerprint density at radius 2 is 2.17 bits per heavy atom. The molecule has 0 aliphatic carbocycles. The molecule has 0 radical (unpaired) electrons. The highest BCUT2D eigenvalue weighted by Crippen LogP contribution is 2.11. The third-order valence-electron chi connectivity index (χ3n) is 2.35. The fraction of sp³-hybridized carbons (Fsp3) is 0.889. The normalized spacial score (nSPS) is 22.4. The molecule has 70 valence electrons. The van der Waals surface area contributed by atoms with Crippen molar-refractivity contribution in [1.29, 1.82) is 0 Å². The average molecular weight is 169 g/mol. The van der Waals surface area contributed by atoms with Gasteiger partial charge in [0, 0.05) is 13.1 Å². The standard InChI is InChI=1S/C9H19N3/c1-4-6-7-11-8-10-12(5-2)9(11)3/h8-9H,4-7H2,1-3H3. The molecule has 1 unspecified atom stereocenters. The van der Waals surface area contributed by atoms with Crippen LogP contribution in [0.1, 0.15) is 33.6 Å². The summed E-state index contributed by atoms with van der Waals surface area (Å²) >= 11 is 0. The van der Waals surface area contributed by atoms with Crippen molar-refractivity contribution in [1.82, 2.24) is 9.91 Å². The number of hydrogen-bond acceptors (Lipinski definition) is 3. The van der Waals surface area contributed by atoms with Gasteiger partial charge in [-0.25, -0.2) is 0 Å². The van der Waals surface area contributed by atoms with Crippen LogP contribution in [0.25, 0.3) is 0 Å². The third kappa shape index (κ3) is 1.90. The zero-order valence-corrected chi connectivity index (χ0v) is 8.32. The van der Waals surface area contributed by atoms with Crippen LogP contribution in [0.2, 0.25) is 0 Å². The lowest BCUT2D eigenvalue weighted by molar-refractivity contribution is 0.153. The molecule has 0 bridgehead atoms. The Hall–Kier alpha value is -0.730. The van der Waals surface area contributed by atoms with E-state index in [4.69, 9.17) is 0 Å². The molecule has 0 N–H and O–H groups in total. The largest absolute Gasteiger partial charge is 0.340 e. The highest BCUT2D eigenvalue weighted by Gasteiger charge is 2.20. The van der Waals surface area contributed by atoms with E-state index in [0.29, 0.717) is 6.17 Å². The maximum Gasteiger partial charge on any atom is 0.116 e. The molecular formula is C9H19N3. The Bertz CT molecular complexity index is 156. The van der Waals surface area contributed by atoms with Crippen molar-refractivity contribution in [2.24, 2.45) is 5.10 Å². The second kappa shape index (κ2) is 4.33. The second-order valence-electron chi connectivity index (χ2n) is 3.21. The first-order valence-electron chi connectivity index (χ1n) is 4.86. The number of hydrazone groups is 1. The van der Waals surface area contributed by atoms with Crippen molar-refractivity contribution < 1.29 is 0 Å². The molecule has 12 heavy (non-hydrogen) atoms. The van der Waals surface area contributed by atoms with Crippen LogP contribution in [0.15, 0.2) is 5.10 Å². The van der Waals surface area contributed by atoms with E-state index in [-0.39, 0.29) is 0 Å². The Morgan fingerprint density at radius 1 is 1.42 bits per heavy atom. The van der Waals surface area contributed by atoms with Gasteiger partial charge in [-0.05, 0) is 20.3 Å². The van der Waals surface area contributed by atoms with E-state index in [1.165, 1.54) is 12.8 Å². The maximum atomic E-state index is 4.30. The van der Waals surface area contributed by atoms with Gasteiger partial charge in [0.25, 0.3) is 0 Å². The molecule has 0 aromatic carbocycles. The Kier molecular flexibility index (Phi) is 3.38. The predicted molar refractivity (Wildman–Crippen MR) is 51.9 cm³/mol. The smallest absolute Gasteiger partial charge is 0.116 e. The average Bonchev–Trinajstić information content (AvgIpc) is 2.43. The van der Waals surface area contributed by atoms with Gasteiger partial charge in [-0.3, -0.25) is 5.01 Å². The molecule has 1 aliphatic heterocycles. The predicted octanol–water partition coefficient (Wildman–Crippen LogP) is 1.71. The Morgan fingerprint density at radius 3 is 2.67 bits per heavy atom. The summed E-state index contributed by atoms with van der Waals surface area (Å²) in [6.45, 7) is 8.69. The molecule has 0 aromatic heterocycles. The van der Waals surface area contributed by atoms with E-state index < -0.39 is 0 Å². The van der Waals surface area contributed by atoms with E-state index in [1.807, 2.05) is 6.34 Å². The van der Waals surface area contributed by atoms with Gasteiger partial charge in [-0.15, -0.1) is 0 Å². The summed E-state index contributed by atoms with van der Waals surface area (Å²) in [6.07, 6.45) is 4.93. The van der Waals surface area contributed by atoms with Crippen LogP contribution in [0, 0.1) is 0 Å². The van der Waals surface area contributed by atoms with Gasteiger partial charge in [0.1, 0.15) is 12.5 Å². The number of unbranched alkanes of at least 4 members (excludes halogenated alkanes) is 1. The van der Waals surface area contributed by atoms with Gasteiger partial charge >= 0.3 is 0 Å². The van der Waals surface area contributed by atoms with Crippen molar-refractivity contribution in [2.75, 3.05) is 13.1 Å². The third-order valence-corrected chi connectivity index (χ3v) is 2.35. The molecular weight excluding hydrogens is 150 g/mol. The molecule has 1 rings (SSSR count). The first-order chi connectivity index (χ1) is 5.79. The van der Waals surface area contributed by atoms with Crippen molar-refractivity contribution >= 4 is 6.34 Å². The van der Waals surface area contributed by atoms with Gasteiger partial charge in [0.2, 0.25) is 0 Å². The number of rotatable bonds is 4. The molecule has 0 spiro atoms. The lowest BCUT2D eigenvalue weighted by atomic mass is 10.3. The van der Waals surface area contributed by atoms with Crippen LogP contribution in [-0.2, 0) is 0 Å². The first-order valence-corrected chi connectivity index (χ1v) is 4.86.